The van der Waals surface area contributed by atoms with E-state index in [1.54, 1.807) is 0 Å². The van der Waals surface area contributed by atoms with Gasteiger partial charge in [-0.15, -0.1) is 0 Å². The summed E-state index contributed by atoms with van der Waals surface area (Å²) in [6.45, 7) is 5.61. The van der Waals surface area contributed by atoms with Crippen molar-refractivity contribution in [2.45, 2.75) is 57.5 Å². The van der Waals surface area contributed by atoms with Gasteiger partial charge in [-0.1, -0.05) is 13.8 Å². The van der Waals surface area contributed by atoms with E-state index in [9.17, 15) is 0 Å². The minimum atomic E-state index is 0.264. The van der Waals surface area contributed by atoms with Crippen LogP contribution in [0, 0.1) is 5.92 Å². The molecule has 1 aliphatic rings. The summed E-state index contributed by atoms with van der Waals surface area (Å²) in [5, 5.41) is 8.35. The van der Waals surface area contributed by atoms with Gasteiger partial charge in [-0.2, -0.15) is 5.10 Å². The third-order valence-electron chi connectivity index (χ3n) is 5.31. The maximum Gasteiger partial charge on any atom is 0.0640 e. The number of nitrogens with one attached hydrogen (secondary N) is 1. The standard InChI is InChI=1S/C17H32N4/c1-6-18-16(13-15-9-12-21(5)19-15)17(20(3)4)10-7-14(2)8-11-17/h9,12,14,16,18H,6-8,10-11,13H2,1-5H3. The molecule has 2 rings (SSSR count). The Morgan fingerprint density at radius 1 is 1.43 bits per heavy atom. The fraction of sp³-hybridized carbons (Fsp3) is 0.824. The molecule has 0 spiro atoms. The molecule has 1 saturated carbocycles. The van der Waals surface area contributed by atoms with Crippen molar-refractivity contribution in [3.8, 4) is 0 Å². The van der Waals surface area contributed by atoms with Crippen LogP contribution in [0.5, 0.6) is 0 Å². The zero-order chi connectivity index (χ0) is 15.5. The molecule has 0 bridgehead atoms. The molecular weight excluding hydrogens is 260 g/mol. The third-order valence-corrected chi connectivity index (χ3v) is 5.31. The molecule has 1 heterocycles. The van der Waals surface area contributed by atoms with Crippen LogP contribution in [0.15, 0.2) is 12.3 Å². The number of nitrogens with zero attached hydrogens (tertiary/aromatic N) is 3. The van der Waals surface area contributed by atoms with Gasteiger partial charge in [-0.3, -0.25) is 4.68 Å². The lowest BCUT2D eigenvalue weighted by atomic mass is 9.71. The molecule has 120 valence electrons. The Bertz CT molecular complexity index is 430. The molecule has 4 heteroatoms. The lowest BCUT2D eigenvalue weighted by Crippen LogP contribution is -2.61. The zero-order valence-electron chi connectivity index (χ0n) is 14.4. The molecule has 1 unspecified atom stereocenters. The maximum atomic E-state index is 4.59. The molecule has 21 heavy (non-hydrogen) atoms. The van der Waals surface area contributed by atoms with Gasteiger partial charge in [0.25, 0.3) is 0 Å². The summed E-state index contributed by atoms with van der Waals surface area (Å²) < 4.78 is 1.91. The van der Waals surface area contributed by atoms with Crippen molar-refractivity contribution in [1.29, 1.82) is 0 Å². The van der Waals surface area contributed by atoms with Gasteiger partial charge in [0.15, 0.2) is 0 Å². The normalized spacial score (nSPS) is 28.0. The van der Waals surface area contributed by atoms with Crippen LogP contribution in [-0.4, -0.2) is 46.9 Å². The minimum Gasteiger partial charge on any atom is -0.312 e. The summed E-state index contributed by atoms with van der Waals surface area (Å²) in [6, 6.07) is 2.62. The molecule has 0 saturated heterocycles. The van der Waals surface area contributed by atoms with E-state index >= 15 is 0 Å². The maximum absolute atomic E-state index is 4.59. The van der Waals surface area contributed by atoms with E-state index in [4.69, 9.17) is 0 Å². The summed E-state index contributed by atoms with van der Waals surface area (Å²) >= 11 is 0. The number of aryl methyl sites for hydroxylation is 1. The average Bonchev–Trinajstić information content (AvgIpc) is 2.85. The van der Waals surface area contributed by atoms with E-state index in [1.165, 1.54) is 31.4 Å². The molecule has 0 aliphatic heterocycles. The van der Waals surface area contributed by atoms with Gasteiger partial charge in [0.05, 0.1) is 5.69 Å². The van der Waals surface area contributed by atoms with Crippen LogP contribution in [0.1, 0.15) is 45.2 Å². The first-order valence-electron chi connectivity index (χ1n) is 8.37. The molecule has 1 aromatic rings. The van der Waals surface area contributed by atoms with Crippen molar-refractivity contribution in [3.63, 3.8) is 0 Å². The molecule has 0 radical (unpaired) electrons. The average molecular weight is 292 g/mol. The second kappa shape index (κ2) is 6.93. The Kier molecular flexibility index (Phi) is 5.44. The van der Waals surface area contributed by atoms with E-state index in [2.05, 4.69) is 49.3 Å². The monoisotopic (exact) mass is 292 g/mol. The molecule has 1 atom stereocenters. The van der Waals surface area contributed by atoms with Crippen molar-refractivity contribution in [1.82, 2.24) is 20.0 Å². The summed E-state index contributed by atoms with van der Waals surface area (Å²) in [4.78, 5) is 2.47. The number of aromatic nitrogens is 2. The summed E-state index contributed by atoms with van der Waals surface area (Å²) in [5.41, 5.74) is 1.46. The predicted molar refractivity (Wildman–Crippen MR) is 88.4 cm³/mol. The highest BCUT2D eigenvalue weighted by molar-refractivity contribution is 5.09. The Hall–Kier alpha value is -0.870. The quantitative estimate of drug-likeness (QED) is 0.874. The summed E-state index contributed by atoms with van der Waals surface area (Å²) in [6.07, 6.45) is 8.30. The first-order chi connectivity index (χ1) is 9.98. The van der Waals surface area contributed by atoms with Crippen LogP contribution in [0.2, 0.25) is 0 Å². The van der Waals surface area contributed by atoms with Gasteiger partial charge in [0.1, 0.15) is 0 Å². The van der Waals surface area contributed by atoms with Crippen LogP contribution in [0.3, 0.4) is 0 Å². The first kappa shape index (κ1) is 16.5. The SMILES string of the molecule is CCNC(Cc1ccn(C)n1)C1(N(C)C)CCC(C)CC1. The van der Waals surface area contributed by atoms with Crippen LogP contribution in [0.25, 0.3) is 0 Å². The topological polar surface area (TPSA) is 33.1 Å². The van der Waals surface area contributed by atoms with E-state index in [0.29, 0.717) is 6.04 Å². The van der Waals surface area contributed by atoms with Crippen LogP contribution >= 0.6 is 0 Å². The molecule has 1 N–H and O–H groups in total. The highest BCUT2D eigenvalue weighted by Gasteiger charge is 2.42. The van der Waals surface area contributed by atoms with Crippen molar-refractivity contribution in [3.05, 3.63) is 18.0 Å². The van der Waals surface area contributed by atoms with Gasteiger partial charge in [-0.05, 0) is 58.3 Å². The molecule has 1 aliphatic carbocycles. The predicted octanol–water partition coefficient (Wildman–Crippen LogP) is 2.45. The Labute approximate surface area is 129 Å². The molecule has 1 aromatic heterocycles. The lowest BCUT2D eigenvalue weighted by molar-refractivity contribution is 0.0436. The number of rotatable bonds is 6. The largest absolute Gasteiger partial charge is 0.312 e. The van der Waals surface area contributed by atoms with E-state index in [-0.39, 0.29) is 5.54 Å². The fourth-order valence-corrected chi connectivity index (χ4v) is 3.85. The second-order valence-electron chi connectivity index (χ2n) is 6.98. The van der Waals surface area contributed by atoms with Crippen molar-refractivity contribution < 1.29 is 0 Å². The van der Waals surface area contributed by atoms with Crippen molar-refractivity contribution >= 4 is 0 Å². The molecule has 4 nitrogen and oxygen atoms in total. The number of likely N-dealkylation sites (N-methyl/N-ethyl adjacent to an activating group) is 2. The lowest BCUT2D eigenvalue weighted by Gasteiger charge is -2.50. The number of hydrogen-bond acceptors (Lipinski definition) is 3. The van der Waals surface area contributed by atoms with Crippen molar-refractivity contribution in [2.24, 2.45) is 13.0 Å². The van der Waals surface area contributed by atoms with Gasteiger partial charge in [0, 0.05) is 31.2 Å². The van der Waals surface area contributed by atoms with Gasteiger partial charge < -0.3 is 10.2 Å². The minimum absolute atomic E-state index is 0.264. The zero-order valence-corrected chi connectivity index (χ0v) is 14.4. The first-order valence-corrected chi connectivity index (χ1v) is 8.37. The van der Waals surface area contributed by atoms with Gasteiger partial charge >= 0.3 is 0 Å². The smallest absolute Gasteiger partial charge is 0.0640 e. The highest BCUT2D eigenvalue weighted by Crippen LogP contribution is 2.38. The Balaban J connectivity index is 2.20. The van der Waals surface area contributed by atoms with E-state index < -0.39 is 0 Å². The molecule has 0 aromatic carbocycles. The Morgan fingerprint density at radius 2 is 2.10 bits per heavy atom. The summed E-state index contributed by atoms with van der Waals surface area (Å²) in [5.74, 6) is 0.871. The Morgan fingerprint density at radius 3 is 2.57 bits per heavy atom. The molecule has 0 amide bonds. The van der Waals surface area contributed by atoms with Crippen LogP contribution in [0.4, 0.5) is 0 Å². The van der Waals surface area contributed by atoms with Crippen LogP contribution in [-0.2, 0) is 13.5 Å². The van der Waals surface area contributed by atoms with Gasteiger partial charge in [0.2, 0.25) is 0 Å². The van der Waals surface area contributed by atoms with Crippen LogP contribution < -0.4 is 5.32 Å². The second-order valence-corrected chi connectivity index (χ2v) is 6.98. The fourth-order valence-electron chi connectivity index (χ4n) is 3.85. The molecular formula is C17H32N4. The highest BCUT2D eigenvalue weighted by atomic mass is 15.3. The summed E-state index contributed by atoms with van der Waals surface area (Å²) in [7, 11) is 6.49. The van der Waals surface area contributed by atoms with Crippen molar-refractivity contribution in [2.75, 3.05) is 20.6 Å². The number of hydrogen-bond donors (Lipinski definition) is 1. The molecule has 1 fully saturated rings. The van der Waals surface area contributed by atoms with Gasteiger partial charge in [-0.25, -0.2) is 0 Å². The van der Waals surface area contributed by atoms with E-state index in [1.807, 2.05) is 17.9 Å². The third kappa shape index (κ3) is 3.67. The van der Waals surface area contributed by atoms with E-state index in [0.717, 1.165) is 18.9 Å².